The van der Waals surface area contributed by atoms with Gasteiger partial charge in [-0.15, -0.1) is 0 Å². The van der Waals surface area contributed by atoms with Crippen molar-refractivity contribution in [3.8, 4) is 11.5 Å². The molecule has 2 rings (SSSR count). The number of thioether (sulfide) groups is 1. The smallest absolute Gasteiger partial charge is 0.341 e. The highest BCUT2D eigenvalue weighted by molar-refractivity contribution is 8.26. The zero-order valence-corrected chi connectivity index (χ0v) is 14.9. The number of carbonyl (C=O) groups is 2. The number of ether oxygens (including phenoxy) is 2. The van der Waals surface area contributed by atoms with E-state index in [0.717, 1.165) is 5.56 Å². The fraction of sp³-hybridized carbons (Fsp3) is 0.312. The minimum absolute atomic E-state index is 0.114. The number of hydrogen-bond acceptors (Lipinski definition) is 6. The van der Waals surface area contributed by atoms with E-state index < -0.39 is 12.6 Å². The van der Waals surface area contributed by atoms with Crippen LogP contribution < -0.4 is 9.47 Å². The van der Waals surface area contributed by atoms with Gasteiger partial charge in [-0.2, -0.15) is 0 Å². The van der Waals surface area contributed by atoms with Crippen molar-refractivity contribution in [2.45, 2.75) is 13.8 Å². The molecule has 1 N–H and O–H groups in total. The number of benzene rings is 1. The van der Waals surface area contributed by atoms with Gasteiger partial charge < -0.3 is 14.6 Å². The average molecular weight is 367 g/mol. The van der Waals surface area contributed by atoms with Crippen LogP contribution in [0.4, 0.5) is 0 Å². The summed E-state index contributed by atoms with van der Waals surface area (Å²) in [6.45, 7) is 4.18. The number of thiocarbonyl (C=S) groups is 1. The van der Waals surface area contributed by atoms with Crippen LogP contribution >= 0.6 is 24.0 Å². The Balaban J connectivity index is 2.26. The summed E-state index contributed by atoms with van der Waals surface area (Å²) in [6, 6.07) is 5.07. The quantitative estimate of drug-likeness (QED) is 0.586. The Morgan fingerprint density at radius 3 is 2.67 bits per heavy atom. The second-order valence-corrected chi connectivity index (χ2v) is 6.42. The molecule has 0 aromatic heterocycles. The Morgan fingerprint density at radius 2 is 2.08 bits per heavy atom. The van der Waals surface area contributed by atoms with Gasteiger partial charge in [0.05, 0.1) is 11.5 Å². The van der Waals surface area contributed by atoms with Crippen molar-refractivity contribution in [1.82, 2.24) is 4.90 Å². The SMILES string of the molecule is CCOc1cc(C=C2SC(=S)N(CC)C2=O)ccc1OCC(=O)O. The molecule has 6 nitrogen and oxygen atoms in total. The van der Waals surface area contributed by atoms with Crippen LogP contribution in [0.25, 0.3) is 6.08 Å². The van der Waals surface area contributed by atoms with E-state index in [1.807, 2.05) is 13.8 Å². The maximum Gasteiger partial charge on any atom is 0.341 e. The first-order chi connectivity index (χ1) is 11.5. The van der Waals surface area contributed by atoms with E-state index in [2.05, 4.69) is 0 Å². The van der Waals surface area contributed by atoms with Gasteiger partial charge in [0, 0.05) is 6.54 Å². The van der Waals surface area contributed by atoms with Crippen molar-refractivity contribution in [1.29, 1.82) is 0 Å². The van der Waals surface area contributed by atoms with Gasteiger partial charge in [-0.25, -0.2) is 4.79 Å². The number of carboxylic acids is 1. The lowest BCUT2D eigenvalue weighted by molar-refractivity contribution is -0.139. The average Bonchev–Trinajstić information content (AvgIpc) is 2.80. The number of aliphatic carboxylic acids is 1. The van der Waals surface area contributed by atoms with Crippen LogP contribution in [0.15, 0.2) is 23.1 Å². The van der Waals surface area contributed by atoms with Gasteiger partial charge in [-0.1, -0.05) is 30.0 Å². The standard InChI is InChI=1S/C16H17NO5S2/c1-3-17-15(20)13(24-16(17)23)8-10-5-6-11(22-9-14(18)19)12(7-10)21-4-2/h5-8H,3-4,9H2,1-2H3,(H,18,19). The summed E-state index contributed by atoms with van der Waals surface area (Å²) in [5.41, 5.74) is 0.748. The molecule has 0 unspecified atom stereocenters. The second kappa shape index (κ2) is 8.16. The zero-order chi connectivity index (χ0) is 17.7. The van der Waals surface area contributed by atoms with E-state index in [0.29, 0.717) is 33.9 Å². The van der Waals surface area contributed by atoms with E-state index in [-0.39, 0.29) is 5.91 Å². The summed E-state index contributed by atoms with van der Waals surface area (Å²) >= 11 is 6.44. The normalized spacial score (nSPS) is 15.9. The van der Waals surface area contributed by atoms with Gasteiger partial charge in [0.25, 0.3) is 5.91 Å². The lowest BCUT2D eigenvalue weighted by Crippen LogP contribution is -2.27. The van der Waals surface area contributed by atoms with Crippen molar-refractivity contribution in [2.75, 3.05) is 19.8 Å². The summed E-state index contributed by atoms with van der Waals surface area (Å²) in [6.07, 6.45) is 1.73. The Labute approximate surface area is 149 Å². The van der Waals surface area contributed by atoms with Crippen LogP contribution in [0.2, 0.25) is 0 Å². The number of likely N-dealkylation sites (N-methyl/N-ethyl adjacent to an activating group) is 1. The van der Waals surface area contributed by atoms with Crippen LogP contribution in [0.1, 0.15) is 19.4 Å². The van der Waals surface area contributed by atoms with E-state index in [9.17, 15) is 9.59 Å². The van der Waals surface area contributed by atoms with Gasteiger partial charge in [0.2, 0.25) is 0 Å². The van der Waals surface area contributed by atoms with Gasteiger partial charge >= 0.3 is 5.97 Å². The predicted octanol–water partition coefficient (Wildman–Crippen LogP) is 2.77. The maximum atomic E-state index is 12.2. The molecule has 1 fully saturated rings. The topological polar surface area (TPSA) is 76.1 Å². The van der Waals surface area contributed by atoms with E-state index in [1.165, 1.54) is 11.8 Å². The number of carbonyl (C=O) groups excluding carboxylic acids is 1. The van der Waals surface area contributed by atoms with Crippen molar-refractivity contribution in [3.63, 3.8) is 0 Å². The highest BCUT2D eigenvalue weighted by Gasteiger charge is 2.30. The molecule has 1 heterocycles. The molecule has 0 atom stereocenters. The molecule has 24 heavy (non-hydrogen) atoms. The molecule has 1 aliphatic rings. The Hall–Kier alpha value is -2.06. The van der Waals surface area contributed by atoms with Crippen LogP contribution in [0.5, 0.6) is 11.5 Å². The lowest BCUT2D eigenvalue weighted by atomic mass is 10.2. The van der Waals surface area contributed by atoms with Crippen molar-refractivity contribution in [3.05, 3.63) is 28.7 Å². The summed E-state index contributed by atoms with van der Waals surface area (Å²) in [7, 11) is 0. The number of hydrogen-bond donors (Lipinski definition) is 1. The van der Waals surface area contributed by atoms with Gasteiger partial charge in [0.1, 0.15) is 4.32 Å². The number of nitrogens with zero attached hydrogens (tertiary/aromatic N) is 1. The molecule has 128 valence electrons. The summed E-state index contributed by atoms with van der Waals surface area (Å²) in [4.78, 5) is 25.0. The first-order valence-corrected chi connectivity index (χ1v) is 8.55. The third kappa shape index (κ3) is 4.27. The highest BCUT2D eigenvalue weighted by atomic mass is 32.2. The van der Waals surface area contributed by atoms with Crippen molar-refractivity contribution >= 4 is 46.3 Å². The summed E-state index contributed by atoms with van der Waals surface area (Å²) in [5.74, 6) is -0.405. The van der Waals surface area contributed by atoms with Crippen LogP contribution in [-0.2, 0) is 9.59 Å². The van der Waals surface area contributed by atoms with E-state index in [1.54, 1.807) is 29.2 Å². The van der Waals surface area contributed by atoms with Crippen molar-refractivity contribution in [2.24, 2.45) is 0 Å². The zero-order valence-electron chi connectivity index (χ0n) is 13.3. The molecule has 1 aromatic rings. The van der Waals surface area contributed by atoms with Crippen LogP contribution in [0.3, 0.4) is 0 Å². The minimum atomic E-state index is -1.07. The van der Waals surface area contributed by atoms with Crippen molar-refractivity contribution < 1.29 is 24.2 Å². The molecule has 0 aliphatic carbocycles. The number of amides is 1. The molecule has 0 bridgehead atoms. The molecule has 0 spiro atoms. The van der Waals surface area contributed by atoms with Gasteiger partial charge in [0.15, 0.2) is 18.1 Å². The molecule has 1 saturated heterocycles. The number of rotatable bonds is 7. The molecule has 0 saturated carbocycles. The highest BCUT2D eigenvalue weighted by Crippen LogP contribution is 2.34. The fourth-order valence-corrected chi connectivity index (χ4v) is 3.45. The summed E-state index contributed by atoms with van der Waals surface area (Å²) < 4.78 is 11.2. The summed E-state index contributed by atoms with van der Waals surface area (Å²) in [5, 5.41) is 8.71. The van der Waals surface area contributed by atoms with E-state index >= 15 is 0 Å². The molecule has 8 heteroatoms. The first kappa shape index (κ1) is 18.3. The Morgan fingerprint density at radius 1 is 1.33 bits per heavy atom. The Bertz CT molecular complexity index is 702. The van der Waals surface area contributed by atoms with E-state index in [4.69, 9.17) is 26.8 Å². The first-order valence-electron chi connectivity index (χ1n) is 7.33. The third-order valence-corrected chi connectivity index (χ3v) is 4.48. The van der Waals surface area contributed by atoms with Gasteiger partial charge in [-0.3, -0.25) is 9.69 Å². The minimum Gasteiger partial charge on any atom is -0.490 e. The predicted molar refractivity (Wildman–Crippen MR) is 96.3 cm³/mol. The van der Waals surface area contributed by atoms with Gasteiger partial charge in [-0.05, 0) is 37.6 Å². The molecular weight excluding hydrogens is 350 g/mol. The largest absolute Gasteiger partial charge is 0.490 e. The molecule has 0 radical (unpaired) electrons. The van der Waals surface area contributed by atoms with Crippen LogP contribution in [0, 0.1) is 0 Å². The second-order valence-electron chi connectivity index (χ2n) is 4.75. The maximum absolute atomic E-state index is 12.2. The fourth-order valence-electron chi connectivity index (χ4n) is 2.07. The van der Waals surface area contributed by atoms with Crippen LogP contribution in [-0.4, -0.2) is 46.0 Å². The monoisotopic (exact) mass is 367 g/mol. The lowest BCUT2D eigenvalue weighted by Gasteiger charge is -2.11. The molecule has 1 aromatic carbocycles. The molecular formula is C16H17NO5S2. The Kier molecular flexibility index (Phi) is 6.22. The number of carboxylic acid groups (broad SMARTS) is 1. The molecule has 1 aliphatic heterocycles. The third-order valence-electron chi connectivity index (χ3n) is 3.11. The molecule has 1 amide bonds.